The van der Waals surface area contributed by atoms with Crippen LogP contribution >= 0.6 is 11.3 Å². The summed E-state index contributed by atoms with van der Waals surface area (Å²) in [6, 6.07) is 2.11. The maximum atomic E-state index is 13.0. The second kappa shape index (κ2) is 5.38. The van der Waals surface area contributed by atoms with Crippen molar-refractivity contribution in [3.05, 3.63) is 22.4 Å². The molecule has 1 amide bonds. The van der Waals surface area contributed by atoms with Gasteiger partial charge in [-0.05, 0) is 49.1 Å². The lowest BCUT2D eigenvalue weighted by Gasteiger charge is -2.32. The zero-order valence-corrected chi connectivity index (χ0v) is 13.8. The molecule has 1 atom stereocenters. The fourth-order valence-electron chi connectivity index (χ4n) is 3.46. The molecule has 1 saturated heterocycles. The van der Waals surface area contributed by atoms with Gasteiger partial charge < -0.3 is 9.64 Å². The van der Waals surface area contributed by atoms with E-state index in [1.165, 1.54) is 5.56 Å². The molecule has 0 radical (unpaired) electrons. The van der Waals surface area contributed by atoms with Crippen LogP contribution in [0.4, 0.5) is 0 Å². The van der Waals surface area contributed by atoms with E-state index in [0.29, 0.717) is 6.54 Å². The Labute approximate surface area is 130 Å². The zero-order chi connectivity index (χ0) is 15.1. The summed E-state index contributed by atoms with van der Waals surface area (Å²) >= 11 is 1.68. The van der Waals surface area contributed by atoms with Crippen LogP contribution in [0.2, 0.25) is 0 Å². The van der Waals surface area contributed by atoms with Crippen LogP contribution < -0.4 is 5.32 Å². The number of hydrogen-bond acceptors (Lipinski definition) is 4. The van der Waals surface area contributed by atoms with Gasteiger partial charge in [0, 0.05) is 7.11 Å². The first-order chi connectivity index (χ1) is 9.97. The van der Waals surface area contributed by atoms with Crippen molar-refractivity contribution in [1.29, 1.82) is 0 Å². The Morgan fingerprint density at radius 1 is 1.48 bits per heavy atom. The third-order valence-electron chi connectivity index (χ3n) is 4.81. The highest BCUT2D eigenvalue weighted by Gasteiger charge is 2.53. The molecule has 1 saturated carbocycles. The van der Waals surface area contributed by atoms with Crippen molar-refractivity contribution in [3.8, 4) is 0 Å². The smallest absolute Gasteiger partial charge is 0.244 e. The fraction of sp³-hybridized carbons (Fsp3) is 0.688. The number of nitrogens with one attached hydrogen (secondary N) is 1. The van der Waals surface area contributed by atoms with Gasteiger partial charge in [0.1, 0.15) is 6.17 Å². The number of carbonyl (C=O) groups excluding carboxylic acids is 1. The van der Waals surface area contributed by atoms with Gasteiger partial charge >= 0.3 is 0 Å². The molecule has 21 heavy (non-hydrogen) atoms. The summed E-state index contributed by atoms with van der Waals surface area (Å²) in [4.78, 5) is 15.0. The molecule has 0 aromatic carbocycles. The second-order valence-electron chi connectivity index (χ2n) is 6.79. The Bertz CT molecular complexity index is 506. The van der Waals surface area contributed by atoms with Gasteiger partial charge in [-0.3, -0.25) is 10.1 Å². The van der Waals surface area contributed by atoms with Crippen molar-refractivity contribution in [2.45, 2.75) is 56.8 Å². The molecule has 1 aliphatic carbocycles. The largest absolute Gasteiger partial charge is 0.377 e. The Kier molecular flexibility index (Phi) is 3.84. The lowest BCUT2D eigenvalue weighted by Crippen LogP contribution is -2.46. The zero-order valence-electron chi connectivity index (χ0n) is 13.0. The van der Waals surface area contributed by atoms with Crippen LogP contribution in [0.3, 0.4) is 0 Å². The summed E-state index contributed by atoms with van der Waals surface area (Å²) in [6.45, 7) is 4.67. The molecule has 1 N–H and O–H groups in total. The van der Waals surface area contributed by atoms with E-state index >= 15 is 0 Å². The van der Waals surface area contributed by atoms with Crippen molar-refractivity contribution in [1.82, 2.24) is 10.2 Å². The lowest BCUT2D eigenvalue weighted by atomic mass is 9.97. The molecule has 0 bridgehead atoms. The minimum Gasteiger partial charge on any atom is -0.377 e. The molecule has 4 nitrogen and oxygen atoms in total. The number of nitrogens with zero attached hydrogens (tertiary/aromatic N) is 1. The van der Waals surface area contributed by atoms with Crippen LogP contribution in [-0.2, 0) is 9.53 Å². The number of hydrogen-bond donors (Lipinski definition) is 1. The highest BCUT2D eigenvalue weighted by Crippen LogP contribution is 2.41. The van der Waals surface area contributed by atoms with E-state index in [2.05, 4.69) is 22.1 Å². The molecule has 1 aliphatic heterocycles. The predicted molar refractivity (Wildman–Crippen MR) is 84.2 cm³/mol. The Morgan fingerprint density at radius 2 is 2.19 bits per heavy atom. The summed E-state index contributed by atoms with van der Waals surface area (Å²) in [6.07, 6.45) is 4.16. The predicted octanol–water partition coefficient (Wildman–Crippen LogP) is 2.92. The van der Waals surface area contributed by atoms with Crippen LogP contribution in [0.25, 0.3) is 0 Å². The molecule has 2 fully saturated rings. The molecule has 5 heteroatoms. The van der Waals surface area contributed by atoms with Crippen LogP contribution in [0.1, 0.15) is 51.3 Å². The van der Waals surface area contributed by atoms with E-state index in [1.807, 2.05) is 18.7 Å². The maximum absolute atomic E-state index is 13.0. The Hall–Kier alpha value is -0.910. The Morgan fingerprint density at radius 3 is 2.76 bits per heavy atom. The van der Waals surface area contributed by atoms with E-state index in [-0.39, 0.29) is 23.2 Å². The highest BCUT2D eigenvalue weighted by molar-refractivity contribution is 7.07. The minimum absolute atomic E-state index is 0.0173. The van der Waals surface area contributed by atoms with E-state index in [0.717, 1.165) is 25.7 Å². The summed E-state index contributed by atoms with van der Waals surface area (Å²) in [7, 11) is 1.71. The lowest BCUT2D eigenvalue weighted by molar-refractivity contribution is -0.136. The van der Waals surface area contributed by atoms with Gasteiger partial charge in [-0.2, -0.15) is 11.3 Å². The number of carbonyl (C=O) groups is 1. The minimum atomic E-state index is -0.338. The highest BCUT2D eigenvalue weighted by atomic mass is 32.1. The summed E-state index contributed by atoms with van der Waals surface area (Å²) in [5, 5.41) is 7.84. The Balaban J connectivity index is 1.91. The standard InChI is InChI=1S/C16H24N2O2S/c1-15(2,20-3)11-18-13(12-6-9-21-10-12)17-16(14(18)19)7-4-5-8-16/h6,9-10,13,17H,4-5,7-8,11H2,1-3H3. The molecular weight excluding hydrogens is 284 g/mol. The summed E-state index contributed by atoms with van der Waals surface area (Å²) in [5.74, 6) is 0.251. The van der Waals surface area contributed by atoms with Gasteiger partial charge in [-0.25, -0.2) is 0 Å². The van der Waals surface area contributed by atoms with E-state index in [9.17, 15) is 4.79 Å². The van der Waals surface area contributed by atoms with Gasteiger partial charge in [-0.1, -0.05) is 12.8 Å². The van der Waals surface area contributed by atoms with Gasteiger partial charge in [-0.15, -0.1) is 0 Å². The number of rotatable bonds is 4. The summed E-state index contributed by atoms with van der Waals surface area (Å²) in [5.41, 5.74) is 0.510. The van der Waals surface area contributed by atoms with Crippen molar-refractivity contribution in [3.63, 3.8) is 0 Å². The quantitative estimate of drug-likeness (QED) is 0.930. The van der Waals surface area contributed by atoms with Crippen LogP contribution in [-0.4, -0.2) is 35.6 Å². The fourth-order valence-corrected chi connectivity index (χ4v) is 4.14. The molecule has 3 rings (SSSR count). The first kappa shape index (κ1) is 15.0. The average molecular weight is 308 g/mol. The van der Waals surface area contributed by atoms with Crippen LogP contribution in [0, 0.1) is 0 Å². The number of ether oxygens (including phenoxy) is 1. The van der Waals surface area contributed by atoms with Gasteiger partial charge in [0.2, 0.25) is 5.91 Å². The van der Waals surface area contributed by atoms with Crippen LogP contribution in [0.5, 0.6) is 0 Å². The van der Waals surface area contributed by atoms with Crippen molar-refractivity contribution in [2.75, 3.05) is 13.7 Å². The maximum Gasteiger partial charge on any atom is 0.244 e. The van der Waals surface area contributed by atoms with Gasteiger partial charge in [0.25, 0.3) is 0 Å². The SMILES string of the molecule is COC(C)(C)CN1C(=O)C2(CCCC2)NC1c1ccsc1. The second-order valence-corrected chi connectivity index (χ2v) is 7.57. The first-order valence-electron chi connectivity index (χ1n) is 7.63. The van der Waals surface area contributed by atoms with E-state index in [4.69, 9.17) is 4.74 Å². The third kappa shape index (κ3) is 2.62. The van der Waals surface area contributed by atoms with Crippen molar-refractivity contribution < 1.29 is 9.53 Å². The molecule has 2 heterocycles. The third-order valence-corrected chi connectivity index (χ3v) is 5.52. The van der Waals surface area contributed by atoms with E-state index in [1.54, 1.807) is 18.4 Å². The van der Waals surface area contributed by atoms with Gasteiger partial charge in [0.05, 0.1) is 17.7 Å². The van der Waals surface area contributed by atoms with Crippen molar-refractivity contribution in [2.24, 2.45) is 0 Å². The molecule has 1 unspecified atom stereocenters. The molecule has 116 valence electrons. The number of amides is 1. The number of methoxy groups -OCH3 is 1. The molecular formula is C16H24N2O2S. The number of thiophene rings is 1. The molecule has 1 spiro atoms. The topological polar surface area (TPSA) is 41.6 Å². The van der Waals surface area contributed by atoms with Gasteiger partial charge in [0.15, 0.2) is 0 Å². The monoisotopic (exact) mass is 308 g/mol. The molecule has 1 aromatic heterocycles. The molecule has 2 aliphatic rings. The average Bonchev–Trinajstić information content (AvgIpc) is 3.17. The summed E-state index contributed by atoms with van der Waals surface area (Å²) < 4.78 is 5.55. The van der Waals surface area contributed by atoms with E-state index < -0.39 is 0 Å². The van der Waals surface area contributed by atoms with Crippen LogP contribution in [0.15, 0.2) is 16.8 Å². The van der Waals surface area contributed by atoms with Crippen molar-refractivity contribution >= 4 is 17.2 Å². The first-order valence-corrected chi connectivity index (χ1v) is 8.58. The molecule has 1 aromatic rings. The normalized spacial score (nSPS) is 25.2.